The number of rotatable bonds is 5. The molecule has 1 aromatic heterocycles. The lowest BCUT2D eigenvalue weighted by molar-refractivity contribution is 0.620. The van der Waals surface area contributed by atoms with Gasteiger partial charge in [0.2, 0.25) is 5.89 Å². The van der Waals surface area contributed by atoms with Crippen molar-refractivity contribution in [3.8, 4) is 11.5 Å². The van der Waals surface area contributed by atoms with Gasteiger partial charge in [0.1, 0.15) is 5.52 Å². The van der Waals surface area contributed by atoms with E-state index in [1.54, 1.807) is 0 Å². The van der Waals surface area contributed by atoms with Gasteiger partial charge in [-0.2, -0.15) is 0 Å². The van der Waals surface area contributed by atoms with E-state index >= 15 is 0 Å². The molecule has 200 valence electrons. The molecular formula is C39H28N2O. The molecule has 6 aromatic rings. The molecule has 2 unspecified atom stereocenters. The number of anilines is 3. The highest BCUT2D eigenvalue weighted by Gasteiger charge is 2.20. The lowest BCUT2D eigenvalue weighted by atomic mass is 9.81. The second-order valence-corrected chi connectivity index (χ2v) is 10.8. The summed E-state index contributed by atoms with van der Waals surface area (Å²) in [6.07, 6.45) is 15.8. The van der Waals surface area contributed by atoms with E-state index in [9.17, 15) is 0 Å². The molecule has 8 rings (SSSR count). The minimum absolute atomic E-state index is 0.420. The molecule has 5 aromatic carbocycles. The molecule has 3 nitrogen and oxygen atoms in total. The van der Waals surface area contributed by atoms with Crippen molar-refractivity contribution in [3.63, 3.8) is 0 Å². The molecule has 2 atom stereocenters. The Labute approximate surface area is 245 Å². The SMILES string of the molecule is C1=CC2C=CC(c3ccc(N(c4ccccc4)c4ccc5ccc6oc(-c7ccccc7)nc6c5c4)cc3)=CC2C=C1. The molecule has 0 spiro atoms. The minimum atomic E-state index is 0.420. The second kappa shape index (κ2) is 10.2. The standard InChI is InChI=1S/C39H28N2O/c1-3-10-30(11-4-1)39-40-38-36-26-35(23-19-29(36)20-24-37(38)42-39)41(33-13-5-2-6-14-33)34-21-17-28(18-22-34)32-16-15-27-9-7-8-12-31(27)25-32/h1-27,31H. The van der Waals surface area contributed by atoms with E-state index in [1.165, 1.54) is 11.1 Å². The van der Waals surface area contributed by atoms with Crippen LogP contribution in [-0.2, 0) is 0 Å². The first-order valence-corrected chi connectivity index (χ1v) is 14.4. The summed E-state index contributed by atoms with van der Waals surface area (Å²) >= 11 is 0. The van der Waals surface area contributed by atoms with Gasteiger partial charge in [-0.1, -0.05) is 103 Å². The Morgan fingerprint density at radius 2 is 1.29 bits per heavy atom. The number of aromatic nitrogens is 1. The van der Waals surface area contributed by atoms with Crippen molar-refractivity contribution in [1.82, 2.24) is 4.98 Å². The zero-order chi connectivity index (χ0) is 27.9. The largest absolute Gasteiger partial charge is 0.436 e. The maximum Gasteiger partial charge on any atom is 0.227 e. The highest BCUT2D eigenvalue weighted by atomic mass is 16.3. The van der Waals surface area contributed by atoms with Crippen LogP contribution in [0.4, 0.5) is 17.1 Å². The summed E-state index contributed by atoms with van der Waals surface area (Å²) in [6.45, 7) is 0. The molecule has 1 heterocycles. The normalized spacial score (nSPS) is 17.4. The van der Waals surface area contributed by atoms with E-state index in [-0.39, 0.29) is 0 Å². The maximum absolute atomic E-state index is 6.19. The van der Waals surface area contributed by atoms with Crippen molar-refractivity contribution >= 4 is 44.5 Å². The van der Waals surface area contributed by atoms with Crippen molar-refractivity contribution in [2.45, 2.75) is 0 Å². The Bertz CT molecular complexity index is 2030. The number of para-hydroxylation sites is 1. The number of hydrogen-bond donors (Lipinski definition) is 0. The average Bonchev–Trinajstić information content (AvgIpc) is 3.51. The quantitative estimate of drug-likeness (QED) is 0.218. The van der Waals surface area contributed by atoms with E-state index in [2.05, 4.69) is 126 Å². The van der Waals surface area contributed by atoms with Crippen LogP contribution >= 0.6 is 0 Å². The Kier molecular flexibility index (Phi) is 5.93. The van der Waals surface area contributed by atoms with Gasteiger partial charge in [0.15, 0.2) is 5.58 Å². The third-order valence-electron chi connectivity index (χ3n) is 8.20. The van der Waals surface area contributed by atoms with Crippen molar-refractivity contribution < 1.29 is 4.42 Å². The highest BCUT2D eigenvalue weighted by molar-refractivity contribution is 6.06. The second-order valence-electron chi connectivity index (χ2n) is 10.8. The van der Waals surface area contributed by atoms with Gasteiger partial charge in [0.25, 0.3) is 0 Å². The molecule has 3 heteroatoms. The van der Waals surface area contributed by atoms with Crippen LogP contribution in [0.5, 0.6) is 0 Å². The molecule has 0 saturated carbocycles. The molecule has 42 heavy (non-hydrogen) atoms. The zero-order valence-electron chi connectivity index (χ0n) is 23.0. The van der Waals surface area contributed by atoms with Crippen LogP contribution in [-0.4, -0.2) is 4.98 Å². The van der Waals surface area contributed by atoms with Gasteiger partial charge in [-0.15, -0.1) is 0 Å². The highest BCUT2D eigenvalue weighted by Crippen LogP contribution is 2.39. The topological polar surface area (TPSA) is 29.3 Å². The predicted molar refractivity (Wildman–Crippen MR) is 174 cm³/mol. The Morgan fingerprint density at radius 3 is 2.10 bits per heavy atom. The Morgan fingerprint density at radius 1 is 0.595 bits per heavy atom. The minimum Gasteiger partial charge on any atom is -0.436 e. The lowest BCUT2D eigenvalue weighted by Crippen LogP contribution is -2.11. The fourth-order valence-electron chi connectivity index (χ4n) is 6.04. The smallest absolute Gasteiger partial charge is 0.227 e. The van der Waals surface area contributed by atoms with Gasteiger partial charge >= 0.3 is 0 Å². The van der Waals surface area contributed by atoms with Crippen LogP contribution in [0, 0.1) is 11.8 Å². The van der Waals surface area contributed by atoms with Gasteiger partial charge in [-0.25, -0.2) is 4.98 Å². The van der Waals surface area contributed by atoms with Gasteiger partial charge in [0.05, 0.1) is 0 Å². The van der Waals surface area contributed by atoms with Crippen molar-refractivity contribution in [2.24, 2.45) is 11.8 Å². The van der Waals surface area contributed by atoms with Gasteiger partial charge < -0.3 is 9.32 Å². The monoisotopic (exact) mass is 540 g/mol. The number of oxazole rings is 1. The van der Waals surface area contributed by atoms with Crippen LogP contribution in [0.15, 0.2) is 162 Å². The van der Waals surface area contributed by atoms with E-state index in [0.29, 0.717) is 17.7 Å². The van der Waals surface area contributed by atoms with E-state index in [4.69, 9.17) is 9.40 Å². The maximum atomic E-state index is 6.19. The summed E-state index contributed by atoms with van der Waals surface area (Å²) < 4.78 is 6.19. The first-order chi connectivity index (χ1) is 20.8. The number of nitrogens with zero attached hydrogens (tertiary/aromatic N) is 2. The fraction of sp³-hybridized carbons (Fsp3) is 0.0513. The summed E-state index contributed by atoms with van der Waals surface area (Å²) in [4.78, 5) is 7.24. The van der Waals surface area contributed by atoms with Gasteiger partial charge in [-0.05, 0) is 71.1 Å². The summed E-state index contributed by atoms with van der Waals surface area (Å²) in [5.74, 6) is 1.51. The molecule has 0 saturated heterocycles. The van der Waals surface area contributed by atoms with Gasteiger partial charge in [0, 0.05) is 39.8 Å². The van der Waals surface area contributed by atoms with Crippen LogP contribution in [0.3, 0.4) is 0 Å². The number of hydrogen-bond acceptors (Lipinski definition) is 3. The van der Waals surface area contributed by atoms with Crippen LogP contribution in [0.1, 0.15) is 5.56 Å². The number of allylic oxidation sites excluding steroid dienone is 8. The summed E-state index contributed by atoms with van der Waals surface area (Å²) in [7, 11) is 0. The van der Waals surface area contributed by atoms with E-state index in [0.717, 1.165) is 44.5 Å². The molecule has 0 fully saturated rings. The summed E-state index contributed by atoms with van der Waals surface area (Å²) in [5, 5.41) is 2.19. The summed E-state index contributed by atoms with van der Waals surface area (Å²) in [6, 6.07) is 40.2. The van der Waals surface area contributed by atoms with Crippen molar-refractivity contribution in [2.75, 3.05) is 4.90 Å². The predicted octanol–water partition coefficient (Wildman–Crippen LogP) is 10.4. The van der Waals surface area contributed by atoms with Crippen LogP contribution < -0.4 is 4.90 Å². The number of benzene rings is 5. The molecule has 0 radical (unpaired) electrons. The van der Waals surface area contributed by atoms with E-state index < -0.39 is 0 Å². The Hall–Kier alpha value is -5.41. The van der Waals surface area contributed by atoms with Gasteiger partial charge in [-0.3, -0.25) is 0 Å². The molecule has 0 aliphatic heterocycles. The number of fused-ring (bicyclic) bond motifs is 4. The lowest BCUT2D eigenvalue weighted by Gasteiger charge is -2.26. The fourth-order valence-corrected chi connectivity index (χ4v) is 6.04. The zero-order valence-corrected chi connectivity index (χ0v) is 23.0. The molecule has 0 amide bonds. The molecule has 0 N–H and O–H groups in total. The molecule has 0 bridgehead atoms. The molecular weight excluding hydrogens is 512 g/mol. The molecule has 2 aliphatic carbocycles. The average molecular weight is 541 g/mol. The molecule has 2 aliphatic rings. The van der Waals surface area contributed by atoms with E-state index in [1.807, 2.05) is 36.4 Å². The van der Waals surface area contributed by atoms with Crippen molar-refractivity contribution in [3.05, 3.63) is 163 Å². The Balaban J connectivity index is 1.21. The third kappa shape index (κ3) is 4.36. The van der Waals surface area contributed by atoms with Crippen LogP contribution in [0.25, 0.3) is 38.9 Å². The summed E-state index contributed by atoms with van der Waals surface area (Å²) in [5.41, 5.74) is 8.38. The van der Waals surface area contributed by atoms with Crippen molar-refractivity contribution in [1.29, 1.82) is 0 Å². The first kappa shape index (κ1) is 24.4. The third-order valence-corrected chi connectivity index (χ3v) is 8.20. The first-order valence-electron chi connectivity index (χ1n) is 14.4. The van der Waals surface area contributed by atoms with Crippen LogP contribution in [0.2, 0.25) is 0 Å².